The van der Waals surface area contributed by atoms with Gasteiger partial charge in [-0.05, 0) is 32.4 Å². The average Bonchev–Trinajstić information content (AvgIpc) is 2.88. The summed E-state index contributed by atoms with van der Waals surface area (Å²) in [6.07, 6.45) is 2.42. The second-order valence-electron chi connectivity index (χ2n) is 5.01. The number of carboxylic acids is 1. The maximum absolute atomic E-state index is 12.7. The fourth-order valence-electron chi connectivity index (χ4n) is 2.78. The first-order chi connectivity index (χ1) is 8.60. The molecule has 0 aromatic heterocycles. The Bertz CT molecular complexity index is 342. The molecule has 2 rings (SSSR count). The van der Waals surface area contributed by atoms with Gasteiger partial charge < -0.3 is 15.3 Å². The van der Waals surface area contributed by atoms with E-state index in [0.29, 0.717) is 11.6 Å². The van der Waals surface area contributed by atoms with Gasteiger partial charge in [0.2, 0.25) is 5.91 Å². The lowest BCUT2D eigenvalue weighted by Gasteiger charge is -2.39. The van der Waals surface area contributed by atoms with Crippen molar-refractivity contribution >= 4 is 23.6 Å². The number of amides is 1. The van der Waals surface area contributed by atoms with E-state index in [4.69, 9.17) is 5.11 Å². The molecular weight excluding hydrogens is 252 g/mol. The van der Waals surface area contributed by atoms with Gasteiger partial charge >= 0.3 is 5.97 Å². The first kappa shape index (κ1) is 13.7. The molecule has 0 aromatic rings. The zero-order valence-corrected chi connectivity index (χ0v) is 11.5. The minimum atomic E-state index is -0.881. The predicted octanol–water partition coefficient (Wildman–Crippen LogP) is 0.752. The Morgan fingerprint density at radius 3 is 2.67 bits per heavy atom. The SMILES string of the molecule is CCC1(C(=O)N2CSC[C@H]2C(=O)O)CCNCC1. The van der Waals surface area contributed by atoms with Crippen molar-refractivity contribution < 1.29 is 14.7 Å². The normalized spacial score (nSPS) is 27.2. The Morgan fingerprint density at radius 2 is 2.11 bits per heavy atom. The Labute approximate surface area is 111 Å². The number of hydrogen-bond donors (Lipinski definition) is 2. The second-order valence-corrected chi connectivity index (χ2v) is 6.01. The molecule has 0 radical (unpaired) electrons. The molecule has 0 bridgehead atoms. The summed E-state index contributed by atoms with van der Waals surface area (Å²) < 4.78 is 0. The summed E-state index contributed by atoms with van der Waals surface area (Å²) >= 11 is 1.53. The Morgan fingerprint density at radius 1 is 1.44 bits per heavy atom. The molecule has 1 atom stereocenters. The highest BCUT2D eigenvalue weighted by molar-refractivity contribution is 7.99. The molecule has 2 heterocycles. The van der Waals surface area contributed by atoms with Crippen LogP contribution in [-0.4, -0.2) is 52.6 Å². The number of thioether (sulfide) groups is 1. The van der Waals surface area contributed by atoms with Crippen LogP contribution in [0.5, 0.6) is 0 Å². The van der Waals surface area contributed by atoms with Gasteiger partial charge in [-0.1, -0.05) is 6.92 Å². The molecule has 0 aromatic carbocycles. The van der Waals surface area contributed by atoms with Gasteiger partial charge in [-0.3, -0.25) is 4.79 Å². The summed E-state index contributed by atoms with van der Waals surface area (Å²) in [4.78, 5) is 25.4. The van der Waals surface area contributed by atoms with Crippen molar-refractivity contribution in [3.05, 3.63) is 0 Å². The van der Waals surface area contributed by atoms with Gasteiger partial charge in [0.05, 0.1) is 11.3 Å². The summed E-state index contributed by atoms with van der Waals surface area (Å²) in [5.74, 6) is 0.196. The number of rotatable bonds is 3. The van der Waals surface area contributed by atoms with E-state index in [9.17, 15) is 9.59 Å². The second kappa shape index (κ2) is 5.48. The van der Waals surface area contributed by atoms with Crippen molar-refractivity contribution in [2.45, 2.75) is 32.2 Å². The van der Waals surface area contributed by atoms with E-state index in [1.807, 2.05) is 6.92 Å². The summed E-state index contributed by atoms with van der Waals surface area (Å²) in [5.41, 5.74) is -0.343. The molecule has 0 saturated carbocycles. The highest BCUT2D eigenvalue weighted by Crippen LogP contribution is 2.37. The Kier molecular flexibility index (Phi) is 4.17. The van der Waals surface area contributed by atoms with Crippen LogP contribution >= 0.6 is 11.8 Å². The maximum Gasteiger partial charge on any atom is 0.327 e. The number of piperidine rings is 1. The third kappa shape index (κ3) is 2.36. The first-order valence-electron chi connectivity index (χ1n) is 6.43. The number of nitrogens with one attached hydrogen (secondary N) is 1. The molecule has 2 N–H and O–H groups in total. The lowest BCUT2D eigenvalue weighted by molar-refractivity contribution is -0.153. The van der Waals surface area contributed by atoms with Crippen molar-refractivity contribution in [2.24, 2.45) is 5.41 Å². The Hall–Kier alpha value is -0.750. The van der Waals surface area contributed by atoms with Crippen molar-refractivity contribution in [3.63, 3.8) is 0 Å². The van der Waals surface area contributed by atoms with Crippen molar-refractivity contribution in [3.8, 4) is 0 Å². The van der Waals surface area contributed by atoms with Crippen LogP contribution in [-0.2, 0) is 9.59 Å². The van der Waals surface area contributed by atoms with Gasteiger partial charge in [0.15, 0.2) is 0 Å². The number of carboxylic acid groups (broad SMARTS) is 1. The van der Waals surface area contributed by atoms with Crippen LogP contribution in [0.1, 0.15) is 26.2 Å². The molecule has 0 aliphatic carbocycles. The molecule has 18 heavy (non-hydrogen) atoms. The largest absolute Gasteiger partial charge is 0.480 e. The number of hydrogen-bond acceptors (Lipinski definition) is 4. The predicted molar refractivity (Wildman–Crippen MR) is 70.4 cm³/mol. The first-order valence-corrected chi connectivity index (χ1v) is 7.58. The monoisotopic (exact) mass is 272 g/mol. The van der Waals surface area contributed by atoms with Gasteiger partial charge in [-0.15, -0.1) is 11.8 Å². The molecule has 102 valence electrons. The van der Waals surface area contributed by atoms with Crippen molar-refractivity contribution in [2.75, 3.05) is 24.7 Å². The highest BCUT2D eigenvalue weighted by Gasteiger charge is 2.45. The Balaban J connectivity index is 2.15. The molecule has 0 unspecified atom stereocenters. The summed E-state index contributed by atoms with van der Waals surface area (Å²) in [7, 11) is 0. The molecule has 0 spiro atoms. The minimum Gasteiger partial charge on any atom is -0.480 e. The molecule has 2 fully saturated rings. The van der Waals surface area contributed by atoms with E-state index in [1.54, 1.807) is 4.90 Å². The summed E-state index contributed by atoms with van der Waals surface area (Å²) in [5, 5.41) is 12.4. The quantitative estimate of drug-likeness (QED) is 0.793. The molecule has 5 nitrogen and oxygen atoms in total. The van der Waals surface area contributed by atoms with E-state index in [2.05, 4.69) is 5.32 Å². The van der Waals surface area contributed by atoms with Gasteiger partial charge in [0.25, 0.3) is 0 Å². The molecule has 2 aliphatic heterocycles. The van der Waals surface area contributed by atoms with Crippen molar-refractivity contribution in [1.82, 2.24) is 10.2 Å². The lowest BCUT2D eigenvalue weighted by Crippen LogP contribution is -2.52. The maximum atomic E-state index is 12.7. The fourth-order valence-corrected chi connectivity index (χ4v) is 3.92. The van der Waals surface area contributed by atoms with Crippen molar-refractivity contribution in [1.29, 1.82) is 0 Å². The van der Waals surface area contributed by atoms with Gasteiger partial charge in [-0.2, -0.15) is 0 Å². The van der Waals surface area contributed by atoms with Crippen LogP contribution in [0.25, 0.3) is 0 Å². The topological polar surface area (TPSA) is 69.6 Å². The van der Waals surface area contributed by atoms with E-state index >= 15 is 0 Å². The van der Waals surface area contributed by atoms with Crippen LogP contribution in [0.15, 0.2) is 0 Å². The van der Waals surface area contributed by atoms with Crippen LogP contribution in [0.4, 0.5) is 0 Å². The third-order valence-corrected chi connectivity index (χ3v) is 5.13. The minimum absolute atomic E-state index is 0.0453. The van der Waals surface area contributed by atoms with E-state index in [-0.39, 0.29) is 11.3 Å². The van der Waals surface area contributed by atoms with Crippen LogP contribution < -0.4 is 5.32 Å². The standard InChI is InChI=1S/C12H20N2O3S/c1-2-12(3-5-13-6-4-12)11(17)14-8-18-7-9(14)10(15)16/h9,13H,2-8H2,1H3,(H,15,16)/t9-/m0/s1. The third-order valence-electron chi connectivity index (χ3n) is 4.12. The van der Waals surface area contributed by atoms with Crippen LogP contribution in [0.3, 0.4) is 0 Å². The van der Waals surface area contributed by atoms with E-state index in [1.165, 1.54) is 11.8 Å². The average molecular weight is 272 g/mol. The fraction of sp³-hybridized carbons (Fsp3) is 0.833. The van der Waals surface area contributed by atoms with Gasteiger partial charge in [-0.25, -0.2) is 4.79 Å². The lowest BCUT2D eigenvalue weighted by atomic mass is 9.75. The number of carbonyl (C=O) groups excluding carboxylic acids is 1. The van der Waals surface area contributed by atoms with Gasteiger partial charge in [0, 0.05) is 5.75 Å². The van der Waals surface area contributed by atoms with E-state index < -0.39 is 12.0 Å². The van der Waals surface area contributed by atoms with E-state index in [0.717, 1.165) is 32.4 Å². The molecule has 2 saturated heterocycles. The smallest absolute Gasteiger partial charge is 0.327 e. The number of aliphatic carboxylic acids is 1. The zero-order chi connectivity index (χ0) is 13.2. The molecule has 2 aliphatic rings. The van der Waals surface area contributed by atoms with Crippen LogP contribution in [0, 0.1) is 5.41 Å². The summed E-state index contributed by atoms with van der Waals surface area (Å²) in [6.45, 7) is 3.72. The van der Waals surface area contributed by atoms with Gasteiger partial charge in [0.1, 0.15) is 6.04 Å². The highest BCUT2D eigenvalue weighted by atomic mass is 32.2. The zero-order valence-electron chi connectivity index (χ0n) is 10.6. The van der Waals surface area contributed by atoms with Crippen LogP contribution in [0.2, 0.25) is 0 Å². The molecule has 6 heteroatoms. The summed E-state index contributed by atoms with van der Waals surface area (Å²) in [6, 6.07) is -0.638. The molecule has 1 amide bonds. The molecular formula is C12H20N2O3S. The number of carbonyl (C=O) groups is 2. The number of nitrogens with zero attached hydrogens (tertiary/aromatic N) is 1.